The second kappa shape index (κ2) is 11.0. The van der Waals surface area contributed by atoms with E-state index in [2.05, 4.69) is 33.5 Å². The van der Waals surface area contributed by atoms with Crippen LogP contribution in [0, 0.1) is 0 Å². The fraction of sp³-hybridized carbons (Fsp3) is 0.650. The molecule has 25 heavy (non-hydrogen) atoms. The smallest absolute Gasteiger partial charge is 0.191 e. The molecule has 0 bridgehead atoms. The van der Waals surface area contributed by atoms with Crippen molar-refractivity contribution in [2.24, 2.45) is 4.99 Å². The van der Waals surface area contributed by atoms with Gasteiger partial charge in [0.1, 0.15) is 5.75 Å². The maximum Gasteiger partial charge on any atom is 0.191 e. The summed E-state index contributed by atoms with van der Waals surface area (Å²) >= 11 is 0. The molecule has 0 saturated carbocycles. The number of hydrogen-bond donors (Lipinski definition) is 2. The Morgan fingerprint density at radius 3 is 2.88 bits per heavy atom. The number of ether oxygens (including phenoxy) is 1. The number of para-hydroxylation sites is 1. The van der Waals surface area contributed by atoms with Crippen LogP contribution in [-0.4, -0.2) is 50.2 Å². The number of nitrogens with zero attached hydrogens (tertiary/aromatic N) is 2. The second-order valence-electron chi connectivity index (χ2n) is 6.63. The van der Waals surface area contributed by atoms with Crippen molar-refractivity contribution < 1.29 is 4.74 Å². The molecule has 1 unspecified atom stereocenters. The van der Waals surface area contributed by atoms with Crippen molar-refractivity contribution >= 4 is 5.96 Å². The van der Waals surface area contributed by atoms with Crippen LogP contribution < -0.4 is 15.4 Å². The van der Waals surface area contributed by atoms with Crippen LogP contribution in [0.5, 0.6) is 5.75 Å². The topological polar surface area (TPSA) is 48.9 Å². The minimum Gasteiger partial charge on any atom is -0.494 e. The maximum atomic E-state index is 5.67. The van der Waals surface area contributed by atoms with Crippen LogP contribution in [0.2, 0.25) is 0 Å². The minimum atomic E-state index is 0.679. The number of piperidine rings is 1. The summed E-state index contributed by atoms with van der Waals surface area (Å²) in [5.41, 5.74) is 1.15. The van der Waals surface area contributed by atoms with Gasteiger partial charge in [-0.2, -0.15) is 0 Å². The van der Waals surface area contributed by atoms with Crippen LogP contribution in [0.4, 0.5) is 0 Å². The molecule has 1 aromatic carbocycles. The second-order valence-corrected chi connectivity index (χ2v) is 6.63. The molecule has 1 saturated heterocycles. The summed E-state index contributed by atoms with van der Waals surface area (Å²) in [4.78, 5) is 6.93. The molecular formula is C20H34N4O. The Balaban J connectivity index is 1.70. The zero-order valence-corrected chi connectivity index (χ0v) is 16.1. The number of hydrogen-bond acceptors (Lipinski definition) is 3. The number of guanidine groups is 1. The summed E-state index contributed by atoms with van der Waals surface area (Å²) in [5, 5.41) is 6.79. The Hall–Kier alpha value is -1.75. The molecule has 0 amide bonds. The average molecular weight is 347 g/mol. The first-order valence-electron chi connectivity index (χ1n) is 9.63. The van der Waals surface area contributed by atoms with Crippen LogP contribution in [-0.2, 0) is 6.54 Å². The molecule has 0 radical (unpaired) electrons. The molecule has 1 aliphatic heterocycles. The van der Waals surface area contributed by atoms with Gasteiger partial charge in [-0.05, 0) is 45.7 Å². The highest BCUT2D eigenvalue weighted by Crippen LogP contribution is 2.17. The standard InChI is InChI=1S/C20H34N4O/c1-4-25-19-12-6-5-11-18(19)16-23-20(21-3)22-13-9-15-24-14-8-7-10-17(24)2/h5-6,11-12,17H,4,7-10,13-16H2,1-3H3,(H2,21,22,23). The van der Waals surface area contributed by atoms with Gasteiger partial charge in [-0.15, -0.1) is 0 Å². The van der Waals surface area contributed by atoms with Gasteiger partial charge in [0.05, 0.1) is 6.61 Å². The maximum absolute atomic E-state index is 5.67. The first kappa shape index (κ1) is 19.6. The van der Waals surface area contributed by atoms with Gasteiger partial charge in [0, 0.05) is 38.3 Å². The van der Waals surface area contributed by atoms with E-state index >= 15 is 0 Å². The quantitative estimate of drug-likeness (QED) is 0.432. The first-order valence-corrected chi connectivity index (χ1v) is 9.63. The Morgan fingerprint density at radius 2 is 2.12 bits per heavy atom. The van der Waals surface area contributed by atoms with E-state index < -0.39 is 0 Å². The zero-order valence-electron chi connectivity index (χ0n) is 16.1. The Bertz CT molecular complexity index is 532. The molecule has 0 aliphatic carbocycles. The Labute approximate surface area is 152 Å². The third-order valence-corrected chi connectivity index (χ3v) is 4.80. The molecule has 5 heteroatoms. The van der Waals surface area contributed by atoms with E-state index in [4.69, 9.17) is 4.74 Å². The molecule has 0 spiro atoms. The van der Waals surface area contributed by atoms with E-state index in [9.17, 15) is 0 Å². The Morgan fingerprint density at radius 1 is 1.28 bits per heavy atom. The van der Waals surface area contributed by atoms with Gasteiger partial charge in [0.15, 0.2) is 5.96 Å². The predicted octanol–water partition coefficient (Wildman–Crippen LogP) is 3.01. The summed E-state index contributed by atoms with van der Waals surface area (Å²) in [5.74, 6) is 1.78. The van der Waals surface area contributed by atoms with E-state index in [1.54, 1.807) is 0 Å². The fourth-order valence-electron chi connectivity index (χ4n) is 3.32. The first-order chi connectivity index (χ1) is 12.2. The summed E-state index contributed by atoms with van der Waals surface area (Å²) in [7, 11) is 1.82. The van der Waals surface area contributed by atoms with Gasteiger partial charge < -0.3 is 20.3 Å². The van der Waals surface area contributed by atoms with Gasteiger partial charge in [-0.25, -0.2) is 0 Å². The van der Waals surface area contributed by atoms with Gasteiger partial charge in [-0.3, -0.25) is 4.99 Å². The number of likely N-dealkylation sites (tertiary alicyclic amines) is 1. The monoisotopic (exact) mass is 346 g/mol. The molecule has 1 atom stereocenters. The molecule has 1 aromatic rings. The lowest BCUT2D eigenvalue weighted by Crippen LogP contribution is -2.41. The fourth-order valence-corrected chi connectivity index (χ4v) is 3.32. The van der Waals surface area contributed by atoms with E-state index in [1.807, 2.05) is 32.2 Å². The third kappa shape index (κ3) is 6.58. The van der Waals surface area contributed by atoms with Crippen LogP contribution in [0.25, 0.3) is 0 Å². The summed E-state index contributed by atoms with van der Waals surface area (Å²) < 4.78 is 5.67. The highest BCUT2D eigenvalue weighted by atomic mass is 16.5. The van der Waals surface area contributed by atoms with Crippen molar-refractivity contribution in [2.45, 2.75) is 52.1 Å². The third-order valence-electron chi connectivity index (χ3n) is 4.80. The van der Waals surface area contributed by atoms with Gasteiger partial charge >= 0.3 is 0 Å². The van der Waals surface area contributed by atoms with Crippen molar-refractivity contribution in [3.05, 3.63) is 29.8 Å². The van der Waals surface area contributed by atoms with Gasteiger partial charge in [0.2, 0.25) is 0 Å². The molecule has 140 valence electrons. The molecule has 2 rings (SSSR count). The van der Waals surface area contributed by atoms with E-state index in [-0.39, 0.29) is 0 Å². The zero-order chi connectivity index (χ0) is 17.9. The molecule has 1 aliphatic rings. The van der Waals surface area contributed by atoms with Crippen LogP contribution in [0.3, 0.4) is 0 Å². The van der Waals surface area contributed by atoms with Crippen molar-refractivity contribution in [3.63, 3.8) is 0 Å². The van der Waals surface area contributed by atoms with Crippen molar-refractivity contribution in [1.29, 1.82) is 0 Å². The van der Waals surface area contributed by atoms with Crippen molar-refractivity contribution in [2.75, 3.05) is 33.3 Å². The highest BCUT2D eigenvalue weighted by Gasteiger charge is 2.17. The molecule has 2 N–H and O–H groups in total. The number of benzene rings is 1. The number of rotatable bonds is 8. The molecule has 1 heterocycles. The lowest BCUT2D eigenvalue weighted by molar-refractivity contribution is 0.159. The predicted molar refractivity (Wildman–Crippen MR) is 105 cm³/mol. The molecule has 5 nitrogen and oxygen atoms in total. The minimum absolute atomic E-state index is 0.679. The van der Waals surface area contributed by atoms with Gasteiger partial charge in [0.25, 0.3) is 0 Å². The summed E-state index contributed by atoms with van der Waals surface area (Å²) in [6, 6.07) is 8.87. The Kier molecular flexibility index (Phi) is 8.60. The van der Waals surface area contributed by atoms with Crippen molar-refractivity contribution in [1.82, 2.24) is 15.5 Å². The lowest BCUT2D eigenvalue weighted by atomic mass is 10.0. The summed E-state index contributed by atoms with van der Waals surface area (Å²) in [6.07, 6.45) is 5.21. The van der Waals surface area contributed by atoms with Crippen molar-refractivity contribution in [3.8, 4) is 5.75 Å². The normalized spacial score (nSPS) is 18.8. The lowest BCUT2D eigenvalue weighted by Gasteiger charge is -2.33. The largest absolute Gasteiger partial charge is 0.494 e. The van der Waals surface area contributed by atoms with E-state index in [0.717, 1.165) is 36.3 Å². The molecule has 0 aromatic heterocycles. The molecule has 1 fully saturated rings. The van der Waals surface area contributed by atoms with Gasteiger partial charge in [-0.1, -0.05) is 24.6 Å². The van der Waals surface area contributed by atoms with E-state index in [0.29, 0.717) is 13.2 Å². The van der Waals surface area contributed by atoms with E-state index in [1.165, 1.54) is 32.4 Å². The van der Waals surface area contributed by atoms with Crippen LogP contribution in [0.15, 0.2) is 29.3 Å². The highest BCUT2D eigenvalue weighted by molar-refractivity contribution is 5.79. The summed E-state index contributed by atoms with van der Waals surface area (Å²) in [6.45, 7) is 9.10. The number of aliphatic imine (C=N–C) groups is 1. The SMILES string of the molecule is CCOc1ccccc1CNC(=NC)NCCCN1CCCCC1C. The van der Waals surface area contributed by atoms with Crippen LogP contribution >= 0.6 is 0 Å². The average Bonchev–Trinajstić information content (AvgIpc) is 2.64. The van der Waals surface area contributed by atoms with Crippen LogP contribution in [0.1, 0.15) is 45.1 Å². The number of nitrogens with one attached hydrogen (secondary N) is 2. The molecular weight excluding hydrogens is 312 g/mol.